The highest BCUT2D eigenvalue weighted by molar-refractivity contribution is 5.27. The highest BCUT2D eigenvalue weighted by Gasteiger charge is 2.03. The van der Waals surface area contributed by atoms with Crippen LogP contribution in [-0.4, -0.2) is 19.7 Å². The van der Waals surface area contributed by atoms with Crippen LogP contribution < -0.4 is 10.1 Å². The van der Waals surface area contributed by atoms with Crippen molar-refractivity contribution in [2.75, 3.05) is 13.6 Å². The topological polar surface area (TPSA) is 21.3 Å². The summed E-state index contributed by atoms with van der Waals surface area (Å²) in [6.07, 6.45) is 1.36. The van der Waals surface area contributed by atoms with E-state index >= 15 is 0 Å². The molecule has 0 saturated carbocycles. The Hall–Kier alpha value is -1.02. The molecular formula is C14H23NO. The Bertz CT molecular complexity index is 292. The van der Waals surface area contributed by atoms with Crippen LogP contribution in [0.4, 0.5) is 0 Å². The molecule has 90 valence electrons. The number of benzene rings is 1. The fourth-order valence-electron chi connectivity index (χ4n) is 1.80. The van der Waals surface area contributed by atoms with Crippen LogP contribution in [-0.2, 0) is 6.42 Å². The molecule has 1 rings (SSSR count). The minimum atomic E-state index is 0.245. The molecule has 2 heteroatoms. The van der Waals surface area contributed by atoms with E-state index in [1.807, 2.05) is 20.9 Å². The summed E-state index contributed by atoms with van der Waals surface area (Å²) >= 11 is 0. The highest BCUT2D eigenvalue weighted by Crippen LogP contribution is 2.16. The van der Waals surface area contributed by atoms with Crippen molar-refractivity contribution in [2.45, 2.75) is 33.3 Å². The van der Waals surface area contributed by atoms with Crippen molar-refractivity contribution in [3.05, 3.63) is 29.8 Å². The lowest BCUT2D eigenvalue weighted by molar-refractivity contribution is 0.242. The normalized spacial score (nSPS) is 12.8. The minimum absolute atomic E-state index is 0.245. The average Bonchev–Trinajstić information content (AvgIpc) is 2.20. The van der Waals surface area contributed by atoms with Gasteiger partial charge in [0, 0.05) is 0 Å². The lowest BCUT2D eigenvalue weighted by Gasteiger charge is -2.12. The molecular weight excluding hydrogens is 198 g/mol. The van der Waals surface area contributed by atoms with E-state index in [9.17, 15) is 0 Å². The van der Waals surface area contributed by atoms with Gasteiger partial charge in [-0.25, -0.2) is 0 Å². The summed E-state index contributed by atoms with van der Waals surface area (Å²) in [4.78, 5) is 0. The second kappa shape index (κ2) is 6.54. The van der Waals surface area contributed by atoms with Gasteiger partial charge in [-0.05, 0) is 57.5 Å². The van der Waals surface area contributed by atoms with E-state index in [0.29, 0.717) is 5.92 Å². The molecule has 0 fully saturated rings. The van der Waals surface area contributed by atoms with E-state index in [1.54, 1.807) is 0 Å². The van der Waals surface area contributed by atoms with Gasteiger partial charge in [0.2, 0.25) is 0 Å². The summed E-state index contributed by atoms with van der Waals surface area (Å²) in [6.45, 7) is 7.41. The molecule has 16 heavy (non-hydrogen) atoms. The predicted molar refractivity (Wildman–Crippen MR) is 69.0 cm³/mol. The minimum Gasteiger partial charge on any atom is -0.491 e. The second-order valence-electron chi connectivity index (χ2n) is 4.68. The summed E-state index contributed by atoms with van der Waals surface area (Å²) in [5.74, 6) is 1.63. The lowest BCUT2D eigenvalue weighted by atomic mass is 10.0. The molecule has 0 aliphatic rings. The van der Waals surface area contributed by atoms with E-state index in [0.717, 1.165) is 18.7 Å². The summed E-state index contributed by atoms with van der Waals surface area (Å²) in [5, 5.41) is 3.20. The first-order valence-corrected chi connectivity index (χ1v) is 6.02. The SMILES string of the molecule is CNCC(C)Cc1ccc(OC(C)C)cc1. The monoisotopic (exact) mass is 221 g/mol. The Morgan fingerprint density at radius 3 is 2.25 bits per heavy atom. The third-order valence-electron chi connectivity index (χ3n) is 2.43. The van der Waals surface area contributed by atoms with Crippen LogP contribution in [0.5, 0.6) is 5.75 Å². The van der Waals surface area contributed by atoms with Crippen molar-refractivity contribution in [1.29, 1.82) is 0 Å². The Balaban J connectivity index is 2.50. The molecule has 0 heterocycles. The summed E-state index contributed by atoms with van der Waals surface area (Å²) in [5.41, 5.74) is 1.37. The quantitative estimate of drug-likeness (QED) is 0.797. The van der Waals surface area contributed by atoms with E-state index < -0.39 is 0 Å². The molecule has 1 aromatic carbocycles. The van der Waals surface area contributed by atoms with Gasteiger partial charge >= 0.3 is 0 Å². The molecule has 0 aliphatic heterocycles. The standard InChI is InChI=1S/C14H23NO/c1-11(2)16-14-7-5-13(6-8-14)9-12(3)10-15-4/h5-8,11-12,15H,9-10H2,1-4H3. The van der Waals surface area contributed by atoms with E-state index in [-0.39, 0.29) is 6.10 Å². The molecule has 1 N–H and O–H groups in total. The third kappa shape index (κ3) is 4.67. The smallest absolute Gasteiger partial charge is 0.119 e. The van der Waals surface area contributed by atoms with Gasteiger partial charge in [-0.2, -0.15) is 0 Å². The fourth-order valence-corrected chi connectivity index (χ4v) is 1.80. The summed E-state index contributed by atoms with van der Waals surface area (Å²) in [7, 11) is 2.00. The van der Waals surface area contributed by atoms with Gasteiger partial charge < -0.3 is 10.1 Å². The molecule has 0 bridgehead atoms. The van der Waals surface area contributed by atoms with Gasteiger partial charge in [-0.3, -0.25) is 0 Å². The van der Waals surface area contributed by atoms with Gasteiger partial charge in [0.15, 0.2) is 0 Å². The zero-order valence-corrected chi connectivity index (χ0v) is 10.8. The van der Waals surface area contributed by atoms with Gasteiger partial charge in [-0.15, -0.1) is 0 Å². The van der Waals surface area contributed by atoms with Crippen LogP contribution in [0, 0.1) is 5.92 Å². The maximum Gasteiger partial charge on any atom is 0.119 e. The number of hydrogen-bond donors (Lipinski definition) is 1. The molecule has 0 amide bonds. The van der Waals surface area contributed by atoms with Crippen LogP contribution in [0.25, 0.3) is 0 Å². The maximum atomic E-state index is 5.61. The zero-order chi connectivity index (χ0) is 12.0. The van der Waals surface area contributed by atoms with Crippen molar-refractivity contribution in [2.24, 2.45) is 5.92 Å². The number of hydrogen-bond acceptors (Lipinski definition) is 2. The maximum absolute atomic E-state index is 5.61. The summed E-state index contributed by atoms with van der Waals surface area (Å²) < 4.78 is 5.61. The van der Waals surface area contributed by atoms with Crippen LogP contribution in [0.2, 0.25) is 0 Å². The predicted octanol–water partition coefficient (Wildman–Crippen LogP) is 2.87. The molecule has 1 atom stereocenters. The second-order valence-corrected chi connectivity index (χ2v) is 4.68. The van der Waals surface area contributed by atoms with Crippen molar-refractivity contribution in [3.63, 3.8) is 0 Å². The largest absolute Gasteiger partial charge is 0.491 e. The van der Waals surface area contributed by atoms with E-state index in [1.165, 1.54) is 5.56 Å². The molecule has 0 aromatic heterocycles. The molecule has 0 aliphatic carbocycles. The van der Waals surface area contributed by atoms with Crippen molar-refractivity contribution < 1.29 is 4.74 Å². The third-order valence-corrected chi connectivity index (χ3v) is 2.43. The Labute approximate surface area is 99.0 Å². The van der Waals surface area contributed by atoms with Crippen molar-refractivity contribution in [1.82, 2.24) is 5.32 Å². The Kier molecular flexibility index (Phi) is 5.33. The van der Waals surface area contributed by atoms with Gasteiger partial charge in [0.1, 0.15) is 5.75 Å². The Morgan fingerprint density at radius 2 is 1.75 bits per heavy atom. The number of rotatable bonds is 6. The Morgan fingerprint density at radius 1 is 1.12 bits per heavy atom. The van der Waals surface area contributed by atoms with Crippen LogP contribution >= 0.6 is 0 Å². The molecule has 1 unspecified atom stereocenters. The first-order valence-electron chi connectivity index (χ1n) is 6.02. The van der Waals surface area contributed by atoms with Crippen LogP contribution in [0.1, 0.15) is 26.3 Å². The zero-order valence-electron chi connectivity index (χ0n) is 10.8. The van der Waals surface area contributed by atoms with Crippen LogP contribution in [0.3, 0.4) is 0 Å². The number of ether oxygens (including phenoxy) is 1. The number of nitrogens with one attached hydrogen (secondary N) is 1. The van der Waals surface area contributed by atoms with Gasteiger partial charge in [-0.1, -0.05) is 19.1 Å². The first-order chi connectivity index (χ1) is 7.61. The molecule has 0 spiro atoms. The molecule has 2 nitrogen and oxygen atoms in total. The van der Waals surface area contributed by atoms with Crippen molar-refractivity contribution in [3.8, 4) is 5.75 Å². The fraction of sp³-hybridized carbons (Fsp3) is 0.571. The average molecular weight is 221 g/mol. The lowest BCUT2D eigenvalue weighted by Crippen LogP contribution is -2.17. The highest BCUT2D eigenvalue weighted by atomic mass is 16.5. The molecule has 1 aromatic rings. The molecule has 0 saturated heterocycles. The van der Waals surface area contributed by atoms with E-state index in [2.05, 4.69) is 36.5 Å². The van der Waals surface area contributed by atoms with E-state index in [4.69, 9.17) is 4.74 Å². The molecule has 0 radical (unpaired) electrons. The van der Waals surface area contributed by atoms with Gasteiger partial charge in [0.25, 0.3) is 0 Å². The summed E-state index contributed by atoms with van der Waals surface area (Å²) in [6, 6.07) is 8.43. The van der Waals surface area contributed by atoms with Gasteiger partial charge in [0.05, 0.1) is 6.10 Å². The first kappa shape index (κ1) is 13.0. The van der Waals surface area contributed by atoms with Crippen LogP contribution in [0.15, 0.2) is 24.3 Å². The van der Waals surface area contributed by atoms with Crippen molar-refractivity contribution >= 4 is 0 Å².